The van der Waals surface area contributed by atoms with Crippen LogP contribution < -0.4 is 9.64 Å². The van der Waals surface area contributed by atoms with Gasteiger partial charge in [0.1, 0.15) is 12.1 Å². The average Bonchev–Trinajstić information content (AvgIpc) is 3.28. The highest BCUT2D eigenvalue weighted by atomic mass is 16.5. The van der Waals surface area contributed by atoms with E-state index in [1.165, 1.54) is 0 Å². The van der Waals surface area contributed by atoms with Gasteiger partial charge in [-0.25, -0.2) is 14.6 Å². The molecule has 3 heterocycles. The van der Waals surface area contributed by atoms with Crippen LogP contribution in [0.25, 0.3) is 11.2 Å². The first-order chi connectivity index (χ1) is 16.2. The Morgan fingerprint density at radius 3 is 2.39 bits per heavy atom. The summed E-state index contributed by atoms with van der Waals surface area (Å²) in [6, 6.07) is 19.5. The number of rotatable bonds is 6. The molecule has 1 amide bonds. The number of hydrogen-bond donors (Lipinski definition) is 0. The Bertz CT molecular complexity index is 1220. The minimum Gasteiger partial charge on any atom is -0.481 e. The highest BCUT2D eigenvalue weighted by Gasteiger charge is 2.28. The van der Waals surface area contributed by atoms with Crippen molar-refractivity contribution in [3.05, 3.63) is 72.6 Å². The van der Waals surface area contributed by atoms with Gasteiger partial charge < -0.3 is 14.5 Å². The van der Waals surface area contributed by atoms with Crippen molar-refractivity contribution >= 4 is 22.9 Å². The summed E-state index contributed by atoms with van der Waals surface area (Å²) in [6.45, 7) is 4.87. The van der Waals surface area contributed by atoms with Gasteiger partial charge in [-0.2, -0.15) is 0 Å². The molecule has 9 heteroatoms. The molecule has 0 saturated carbocycles. The van der Waals surface area contributed by atoms with E-state index in [4.69, 9.17) is 4.74 Å². The zero-order chi connectivity index (χ0) is 22.6. The number of carbonyl (C=O) groups is 1. The smallest absolute Gasteiger partial charge is 0.263 e. The van der Waals surface area contributed by atoms with Crippen molar-refractivity contribution in [2.45, 2.75) is 19.6 Å². The molecule has 2 aromatic carbocycles. The molecule has 4 aromatic rings. The number of para-hydroxylation sites is 1. The molecule has 1 fully saturated rings. The van der Waals surface area contributed by atoms with Crippen LogP contribution in [0.4, 0.5) is 5.82 Å². The maximum atomic E-state index is 12.9. The Labute approximate surface area is 191 Å². The Hall–Kier alpha value is -4.01. The van der Waals surface area contributed by atoms with Gasteiger partial charge in [-0.1, -0.05) is 53.7 Å². The molecule has 0 N–H and O–H groups in total. The average molecular weight is 444 g/mol. The van der Waals surface area contributed by atoms with Gasteiger partial charge in [-0.3, -0.25) is 4.79 Å². The molecule has 9 nitrogen and oxygen atoms in total. The fourth-order valence-electron chi connectivity index (χ4n) is 4.02. The van der Waals surface area contributed by atoms with E-state index >= 15 is 0 Å². The summed E-state index contributed by atoms with van der Waals surface area (Å²) in [5.41, 5.74) is 2.50. The van der Waals surface area contributed by atoms with Crippen molar-refractivity contribution in [2.24, 2.45) is 0 Å². The van der Waals surface area contributed by atoms with E-state index in [0.717, 1.165) is 11.4 Å². The summed E-state index contributed by atoms with van der Waals surface area (Å²) in [7, 11) is 0. The van der Waals surface area contributed by atoms with Crippen LogP contribution in [-0.4, -0.2) is 68.1 Å². The Kier molecular flexibility index (Phi) is 5.84. The van der Waals surface area contributed by atoms with Crippen LogP contribution in [0.1, 0.15) is 12.5 Å². The molecule has 33 heavy (non-hydrogen) atoms. The number of benzene rings is 2. The van der Waals surface area contributed by atoms with Crippen LogP contribution in [0.5, 0.6) is 5.75 Å². The van der Waals surface area contributed by atoms with Gasteiger partial charge in [0.25, 0.3) is 5.91 Å². The number of ether oxygens (including phenoxy) is 1. The lowest BCUT2D eigenvalue weighted by Gasteiger charge is -2.36. The lowest BCUT2D eigenvalue weighted by atomic mass is 10.2. The van der Waals surface area contributed by atoms with Crippen LogP contribution in [0.15, 0.2) is 67.0 Å². The summed E-state index contributed by atoms with van der Waals surface area (Å²) >= 11 is 0. The molecule has 0 unspecified atom stereocenters. The van der Waals surface area contributed by atoms with Crippen molar-refractivity contribution in [2.75, 3.05) is 31.1 Å². The van der Waals surface area contributed by atoms with E-state index in [9.17, 15) is 4.79 Å². The number of piperazine rings is 1. The van der Waals surface area contributed by atoms with Crippen molar-refractivity contribution < 1.29 is 9.53 Å². The molecule has 0 aliphatic carbocycles. The summed E-state index contributed by atoms with van der Waals surface area (Å²) in [4.78, 5) is 25.7. The predicted octanol–water partition coefficient (Wildman–Crippen LogP) is 2.39. The number of anilines is 1. The fraction of sp³-hybridized carbons (Fsp3) is 0.292. The standard InChI is InChI=1S/C24H25N7O2/c1-18(33-20-10-6-3-7-11-20)24(32)30-14-12-29(13-15-30)22-21-23(26-17-25-22)31(28-27-21)16-19-8-4-2-5-9-19/h2-11,17-18H,12-16H2,1H3/t18-/m1/s1. The summed E-state index contributed by atoms with van der Waals surface area (Å²) in [6.07, 6.45) is 1.01. The number of fused-ring (bicyclic) bond motifs is 1. The Balaban J connectivity index is 1.25. The minimum atomic E-state index is -0.539. The molecule has 0 radical (unpaired) electrons. The van der Waals surface area contributed by atoms with E-state index in [1.807, 2.05) is 65.6 Å². The molecule has 168 valence electrons. The van der Waals surface area contributed by atoms with Gasteiger partial charge in [0.15, 0.2) is 23.1 Å². The van der Waals surface area contributed by atoms with Gasteiger partial charge in [-0.05, 0) is 24.6 Å². The molecular formula is C24H25N7O2. The molecule has 1 aliphatic heterocycles. The number of amides is 1. The monoisotopic (exact) mass is 443 g/mol. The number of nitrogens with zero attached hydrogens (tertiary/aromatic N) is 7. The second-order valence-electron chi connectivity index (χ2n) is 7.99. The lowest BCUT2D eigenvalue weighted by Crippen LogP contribution is -2.52. The third-order valence-electron chi connectivity index (χ3n) is 5.75. The number of carbonyl (C=O) groups excluding carboxylic acids is 1. The van der Waals surface area contributed by atoms with E-state index < -0.39 is 6.10 Å². The zero-order valence-corrected chi connectivity index (χ0v) is 18.4. The van der Waals surface area contributed by atoms with E-state index in [0.29, 0.717) is 49.6 Å². The molecule has 2 aromatic heterocycles. The van der Waals surface area contributed by atoms with Gasteiger partial charge >= 0.3 is 0 Å². The quantitative estimate of drug-likeness (QED) is 0.452. The van der Waals surface area contributed by atoms with Crippen molar-refractivity contribution in [1.82, 2.24) is 29.9 Å². The summed E-state index contributed by atoms with van der Waals surface area (Å²) in [5, 5.41) is 8.67. The normalized spacial score (nSPS) is 14.9. The molecule has 1 saturated heterocycles. The van der Waals surface area contributed by atoms with Crippen LogP contribution in [0, 0.1) is 0 Å². The first kappa shape index (κ1) is 20.9. The number of hydrogen-bond acceptors (Lipinski definition) is 7. The highest BCUT2D eigenvalue weighted by Crippen LogP contribution is 2.23. The maximum Gasteiger partial charge on any atom is 0.263 e. The van der Waals surface area contributed by atoms with Gasteiger partial charge in [0, 0.05) is 26.2 Å². The molecule has 1 aliphatic rings. The second-order valence-corrected chi connectivity index (χ2v) is 7.99. The Morgan fingerprint density at radius 2 is 1.67 bits per heavy atom. The van der Waals surface area contributed by atoms with Gasteiger partial charge in [0.2, 0.25) is 0 Å². The largest absolute Gasteiger partial charge is 0.481 e. The van der Waals surface area contributed by atoms with Gasteiger partial charge in [-0.15, -0.1) is 5.10 Å². The molecule has 0 bridgehead atoms. The van der Waals surface area contributed by atoms with Crippen molar-refractivity contribution in [1.29, 1.82) is 0 Å². The highest BCUT2D eigenvalue weighted by molar-refractivity contribution is 5.83. The van der Waals surface area contributed by atoms with E-state index in [1.54, 1.807) is 17.9 Å². The van der Waals surface area contributed by atoms with Crippen LogP contribution >= 0.6 is 0 Å². The molecule has 1 atom stereocenters. The number of aromatic nitrogens is 5. The summed E-state index contributed by atoms with van der Waals surface area (Å²) in [5.74, 6) is 1.43. The van der Waals surface area contributed by atoms with Crippen LogP contribution in [0.2, 0.25) is 0 Å². The van der Waals surface area contributed by atoms with Crippen LogP contribution in [-0.2, 0) is 11.3 Å². The van der Waals surface area contributed by atoms with Crippen molar-refractivity contribution in [3.63, 3.8) is 0 Å². The maximum absolute atomic E-state index is 12.9. The third-order valence-corrected chi connectivity index (χ3v) is 5.75. The molecular weight excluding hydrogens is 418 g/mol. The van der Waals surface area contributed by atoms with E-state index in [2.05, 4.69) is 25.2 Å². The predicted molar refractivity (Wildman–Crippen MR) is 124 cm³/mol. The van der Waals surface area contributed by atoms with Gasteiger partial charge in [0.05, 0.1) is 6.54 Å². The SMILES string of the molecule is C[C@@H](Oc1ccccc1)C(=O)N1CCN(c2ncnc3c2nnn3Cc2ccccc2)CC1. The van der Waals surface area contributed by atoms with E-state index in [-0.39, 0.29) is 5.91 Å². The Morgan fingerprint density at radius 1 is 0.970 bits per heavy atom. The minimum absolute atomic E-state index is 0.0138. The topological polar surface area (TPSA) is 89.3 Å². The molecule has 5 rings (SSSR count). The first-order valence-corrected chi connectivity index (χ1v) is 11.0. The third kappa shape index (κ3) is 4.48. The lowest BCUT2D eigenvalue weighted by molar-refractivity contribution is -0.138. The first-order valence-electron chi connectivity index (χ1n) is 11.0. The zero-order valence-electron chi connectivity index (χ0n) is 18.4. The molecule has 0 spiro atoms. The van der Waals surface area contributed by atoms with Crippen molar-refractivity contribution in [3.8, 4) is 5.75 Å². The fourth-order valence-corrected chi connectivity index (χ4v) is 4.02. The van der Waals surface area contributed by atoms with Crippen LogP contribution in [0.3, 0.4) is 0 Å². The second kappa shape index (κ2) is 9.23. The summed E-state index contributed by atoms with van der Waals surface area (Å²) < 4.78 is 7.59.